The van der Waals surface area contributed by atoms with Crippen LogP contribution >= 0.6 is 0 Å². The zero-order valence-electron chi connectivity index (χ0n) is 16.2. The third-order valence-corrected chi connectivity index (χ3v) is 4.76. The molecule has 1 aliphatic carbocycles. The van der Waals surface area contributed by atoms with E-state index in [9.17, 15) is 13.6 Å². The van der Waals surface area contributed by atoms with E-state index < -0.39 is 6.61 Å². The molecule has 3 rings (SSSR count). The van der Waals surface area contributed by atoms with Crippen LogP contribution in [0.2, 0.25) is 0 Å². The van der Waals surface area contributed by atoms with Gasteiger partial charge in [0.2, 0.25) is 5.91 Å². The summed E-state index contributed by atoms with van der Waals surface area (Å²) >= 11 is 0. The number of carbonyl (C=O) groups excluding carboxylic acids is 1. The summed E-state index contributed by atoms with van der Waals surface area (Å²) in [5.41, 5.74) is 4.13. The van der Waals surface area contributed by atoms with E-state index in [-0.39, 0.29) is 24.0 Å². The number of halogens is 2. The first-order valence-electron chi connectivity index (χ1n) is 9.15. The van der Waals surface area contributed by atoms with Crippen LogP contribution in [0.15, 0.2) is 30.3 Å². The van der Waals surface area contributed by atoms with Gasteiger partial charge in [0.05, 0.1) is 7.11 Å². The van der Waals surface area contributed by atoms with E-state index in [1.165, 1.54) is 43.5 Å². The van der Waals surface area contributed by atoms with Gasteiger partial charge < -0.3 is 19.4 Å². The summed E-state index contributed by atoms with van der Waals surface area (Å²) in [6.45, 7) is 1.47. The van der Waals surface area contributed by atoms with Crippen LogP contribution < -0.4 is 14.8 Å². The molecule has 1 fully saturated rings. The van der Waals surface area contributed by atoms with Gasteiger partial charge >= 0.3 is 6.61 Å². The normalized spacial score (nSPS) is 13.9. The van der Waals surface area contributed by atoms with Crippen LogP contribution in [-0.2, 0) is 11.3 Å². The van der Waals surface area contributed by atoms with E-state index in [2.05, 4.69) is 34.5 Å². The van der Waals surface area contributed by atoms with Crippen LogP contribution in [0.3, 0.4) is 0 Å². The molecular formula is C21H24F2N2O3. The fraction of sp³-hybridized carbons (Fsp3) is 0.381. The lowest BCUT2D eigenvalue weighted by molar-refractivity contribution is -0.116. The number of nitrogens with one attached hydrogen (secondary N) is 1. The molecule has 1 aromatic carbocycles. The van der Waals surface area contributed by atoms with Gasteiger partial charge in [0.15, 0.2) is 11.5 Å². The standard InChI is InChI=1S/C21H24F2N2O3/c1-13-10-16(14(2)25(13)17-6-7-17)5-9-20(26)24-12-15-4-8-18(28-21(22)23)19(11-15)27-3/h4-5,8-11,17,21H,6-7,12H2,1-3H3,(H,24,26)/b9-5+. The highest BCUT2D eigenvalue weighted by molar-refractivity contribution is 5.91. The van der Waals surface area contributed by atoms with Crippen molar-refractivity contribution < 1.29 is 23.0 Å². The molecule has 1 aliphatic rings. The molecule has 1 saturated carbocycles. The van der Waals surface area contributed by atoms with Crippen LogP contribution in [0, 0.1) is 13.8 Å². The zero-order valence-corrected chi connectivity index (χ0v) is 16.2. The van der Waals surface area contributed by atoms with E-state index >= 15 is 0 Å². The molecule has 0 saturated heterocycles. The Bertz CT molecular complexity index is 886. The largest absolute Gasteiger partial charge is 0.493 e. The summed E-state index contributed by atoms with van der Waals surface area (Å²) < 4.78 is 36.5. The Kier molecular flexibility index (Phi) is 6.02. The molecule has 5 nitrogen and oxygen atoms in total. The number of ether oxygens (including phenoxy) is 2. The van der Waals surface area contributed by atoms with Gasteiger partial charge in [-0.1, -0.05) is 6.07 Å². The Morgan fingerprint density at radius 1 is 1.29 bits per heavy atom. The maximum Gasteiger partial charge on any atom is 0.387 e. The minimum atomic E-state index is -2.92. The van der Waals surface area contributed by atoms with Crippen LogP contribution in [0.25, 0.3) is 6.08 Å². The zero-order chi connectivity index (χ0) is 20.3. The number of amides is 1. The number of hydrogen-bond acceptors (Lipinski definition) is 3. The van der Waals surface area contributed by atoms with Crippen molar-refractivity contribution in [2.24, 2.45) is 0 Å². The summed E-state index contributed by atoms with van der Waals surface area (Å²) in [5, 5.41) is 2.78. The second kappa shape index (κ2) is 8.46. The molecule has 7 heteroatoms. The molecular weight excluding hydrogens is 366 g/mol. The molecule has 1 amide bonds. The second-order valence-corrected chi connectivity index (χ2v) is 6.84. The highest BCUT2D eigenvalue weighted by Crippen LogP contribution is 2.38. The average molecular weight is 390 g/mol. The Morgan fingerprint density at radius 2 is 2.04 bits per heavy atom. The molecule has 2 aromatic rings. The van der Waals surface area contributed by atoms with Gasteiger partial charge in [-0.05, 0) is 62.1 Å². The summed E-state index contributed by atoms with van der Waals surface area (Å²) in [5.74, 6) is -0.0864. The molecule has 1 aromatic heterocycles. The third kappa shape index (κ3) is 4.71. The third-order valence-electron chi connectivity index (χ3n) is 4.76. The summed E-state index contributed by atoms with van der Waals surface area (Å²) in [7, 11) is 1.37. The minimum Gasteiger partial charge on any atom is -0.493 e. The van der Waals surface area contributed by atoms with E-state index in [0.29, 0.717) is 11.6 Å². The lowest BCUT2D eigenvalue weighted by atomic mass is 10.2. The first kappa shape index (κ1) is 19.9. The fourth-order valence-electron chi connectivity index (χ4n) is 3.29. The molecule has 0 aliphatic heterocycles. The minimum absolute atomic E-state index is 0.0431. The lowest BCUT2D eigenvalue weighted by Gasteiger charge is -2.11. The van der Waals surface area contributed by atoms with E-state index in [1.54, 1.807) is 12.1 Å². The average Bonchev–Trinajstić information content (AvgIpc) is 3.44. The number of rotatable bonds is 8. The van der Waals surface area contributed by atoms with Crippen molar-refractivity contribution in [2.75, 3.05) is 7.11 Å². The first-order valence-corrected chi connectivity index (χ1v) is 9.15. The fourth-order valence-corrected chi connectivity index (χ4v) is 3.29. The van der Waals surface area contributed by atoms with Gasteiger partial charge in [-0.15, -0.1) is 0 Å². The van der Waals surface area contributed by atoms with Crippen LogP contribution in [0.1, 0.15) is 41.4 Å². The molecule has 28 heavy (non-hydrogen) atoms. The number of aromatic nitrogens is 1. The summed E-state index contributed by atoms with van der Waals surface area (Å²) in [4.78, 5) is 12.1. The van der Waals surface area contributed by atoms with Crippen LogP contribution in [-0.4, -0.2) is 24.2 Å². The van der Waals surface area contributed by atoms with Crippen LogP contribution in [0.5, 0.6) is 11.5 Å². The molecule has 0 spiro atoms. The summed E-state index contributed by atoms with van der Waals surface area (Å²) in [6, 6.07) is 7.25. The molecule has 150 valence electrons. The summed E-state index contributed by atoms with van der Waals surface area (Å²) in [6.07, 6.45) is 5.75. The van der Waals surface area contributed by atoms with Crippen molar-refractivity contribution in [3.8, 4) is 11.5 Å². The Hall–Kier alpha value is -2.83. The monoisotopic (exact) mass is 390 g/mol. The predicted molar refractivity (Wildman–Crippen MR) is 103 cm³/mol. The highest BCUT2D eigenvalue weighted by atomic mass is 19.3. The molecule has 0 unspecified atom stereocenters. The molecule has 0 bridgehead atoms. The van der Waals surface area contributed by atoms with E-state index in [4.69, 9.17) is 4.74 Å². The maximum atomic E-state index is 12.4. The quantitative estimate of drug-likeness (QED) is 0.681. The smallest absolute Gasteiger partial charge is 0.387 e. The van der Waals surface area contributed by atoms with Crippen molar-refractivity contribution in [1.29, 1.82) is 0 Å². The number of alkyl halides is 2. The van der Waals surface area contributed by atoms with Gasteiger partial charge in [-0.2, -0.15) is 8.78 Å². The van der Waals surface area contributed by atoms with E-state index in [1.807, 2.05) is 6.08 Å². The van der Waals surface area contributed by atoms with Gasteiger partial charge in [0, 0.05) is 30.1 Å². The van der Waals surface area contributed by atoms with Crippen molar-refractivity contribution >= 4 is 12.0 Å². The predicted octanol–water partition coefficient (Wildman–Crippen LogP) is 4.38. The molecule has 0 radical (unpaired) electrons. The number of benzene rings is 1. The van der Waals surface area contributed by atoms with Crippen molar-refractivity contribution in [3.63, 3.8) is 0 Å². The van der Waals surface area contributed by atoms with Gasteiger partial charge in [0.1, 0.15) is 0 Å². The van der Waals surface area contributed by atoms with Crippen molar-refractivity contribution in [2.45, 2.75) is 45.9 Å². The van der Waals surface area contributed by atoms with Crippen LogP contribution in [0.4, 0.5) is 8.78 Å². The molecule has 1 N–H and O–H groups in total. The molecule has 1 heterocycles. The van der Waals surface area contributed by atoms with E-state index in [0.717, 1.165) is 5.56 Å². The van der Waals surface area contributed by atoms with Crippen molar-refractivity contribution in [1.82, 2.24) is 9.88 Å². The maximum absolute atomic E-state index is 12.4. The Morgan fingerprint density at radius 3 is 2.68 bits per heavy atom. The number of aryl methyl sites for hydroxylation is 1. The second-order valence-electron chi connectivity index (χ2n) is 6.84. The van der Waals surface area contributed by atoms with Gasteiger partial charge in [-0.3, -0.25) is 4.79 Å². The first-order chi connectivity index (χ1) is 13.4. The SMILES string of the molecule is COc1cc(CNC(=O)/C=C/c2cc(C)n(C3CC3)c2C)ccc1OC(F)F. The number of methoxy groups -OCH3 is 1. The molecule has 0 atom stereocenters. The van der Waals surface area contributed by atoms with Crippen molar-refractivity contribution in [3.05, 3.63) is 52.9 Å². The topological polar surface area (TPSA) is 52.5 Å². The highest BCUT2D eigenvalue weighted by Gasteiger charge is 2.26. The Labute approximate surface area is 162 Å². The Balaban J connectivity index is 1.60. The number of nitrogens with zero attached hydrogens (tertiary/aromatic N) is 1. The number of carbonyl (C=O) groups is 1. The number of hydrogen-bond donors (Lipinski definition) is 1. The van der Waals surface area contributed by atoms with Gasteiger partial charge in [-0.25, -0.2) is 0 Å². The van der Waals surface area contributed by atoms with Gasteiger partial charge in [0.25, 0.3) is 0 Å². The lowest BCUT2D eigenvalue weighted by Crippen LogP contribution is -2.20.